The van der Waals surface area contributed by atoms with Crippen LogP contribution in [0.25, 0.3) is 0 Å². The topological polar surface area (TPSA) is 83.6 Å². The third kappa shape index (κ3) is 2.68. The van der Waals surface area contributed by atoms with Crippen LogP contribution >= 0.6 is 11.6 Å². The molecule has 1 saturated carbocycles. The zero-order chi connectivity index (χ0) is 18.6. The Hall–Kier alpha value is -2.38. The van der Waals surface area contributed by atoms with E-state index in [0.717, 1.165) is 9.87 Å². The number of nitrogens with one attached hydrogen (secondary N) is 1. The molecule has 2 aliphatic rings. The van der Waals surface area contributed by atoms with Gasteiger partial charge in [-0.2, -0.15) is 0 Å². The van der Waals surface area contributed by atoms with E-state index in [4.69, 9.17) is 11.6 Å². The SMILES string of the molecule is Cc1ccc(NC(=O)c2ccc3c(c2)S(=O)(=O)N(C2CC2)C3=O)c(Cl)c1. The molecule has 26 heavy (non-hydrogen) atoms. The van der Waals surface area contributed by atoms with Crippen molar-refractivity contribution in [2.75, 3.05) is 5.32 Å². The van der Waals surface area contributed by atoms with Gasteiger partial charge in [0, 0.05) is 11.6 Å². The van der Waals surface area contributed by atoms with E-state index >= 15 is 0 Å². The number of hydrogen-bond donors (Lipinski definition) is 1. The number of aryl methyl sites for hydroxylation is 1. The predicted molar refractivity (Wildman–Crippen MR) is 97.0 cm³/mol. The Labute approximate surface area is 155 Å². The molecule has 0 radical (unpaired) electrons. The Balaban J connectivity index is 1.67. The van der Waals surface area contributed by atoms with E-state index in [1.807, 2.05) is 6.92 Å². The molecule has 2 amide bonds. The molecule has 0 atom stereocenters. The summed E-state index contributed by atoms with van der Waals surface area (Å²) in [6.07, 6.45) is 1.36. The molecule has 1 heterocycles. The predicted octanol–water partition coefficient (Wildman–Crippen LogP) is 3.21. The summed E-state index contributed by atoms with van der Waals surface area (Å²) in [5.74, 6) is -1.01. The Bertz CT molecular complexity index is 1060. The highest BCUT2D eigenvalue weighted by atomic mass is 35.5. The normalized spacial score (nSPS) is 17.9. The van der Waals surface area contributed by atoms with Crippen molar-refractivity contribution in [1.82, 2.24) is 4.31 Å². The number of hydrogen-bond acceptors (Lipinski definition) is 4. The number of sulfonamides is 1. The third-order valence-corrected chi connectivity index (χ3v) is 6.65. The number of anilines is 1. The summed E-state index contributed by atoms with van der Waals surface area (Å²) in [7, 11) is -3.90. The second-order valence-electron chi connectivity index (χ2n) is 6.49. The van der Waals surface area contributed by atoms with Crippen molar-refractivity contribution in [3.05, 3.63) is 58.1 Å². The molecule has 0 unspecified atom stereocenters. The lowest BCUT2D eigenvalue weighted by atomic mass is 10.1. The lowest BCUT2D eigenvalue weighted by molar-refractivity contribution is 0.0864. The van der Waals surface area contributed by atoms with Gasteiger partial charge in [0.25, 0.3) is 21.8 Å². The third-order valence-electron chi connectivity index (χ3n) is 4.46. The number of amides is 2. The van der Waals surface area contributed by atoms with Gasteiger partial charge in [-0.15, -0.1) is 0 Å². The number of carbonyl (C=O) groups is 2. The van der Waals surface area contributed by atoms with Crippen molar-refractivity contribution in [1.29, 1.82) is 0 Å². The van der Waals surface area contributed by atoms with Crippen LogP contribution in [0, 0.1) is 6.92 Å². The van der Waals surface area contributed by atoms with Crippen molar-refractivity contribution in [2.45, 2.75) is 30.7 Å². The van der Waals surface area contributed by atoms with Gasteiger partial charge in [0.1, 0.15) is 4.90 Å². The molecule has 1 aliphatic carbocycles. The van der Waals surface area contributed by atoms with Gasteiger partial charge in [-0.05, 0) is 55.7 Å². The fraction of sp³-hybridized carbons (Fsp3) is 0.222. The Morgan fingerprint density at radius 3 is 2.58 bits per heavy atom. The first-order valence-corrected chi connectivity index (χ1v) is 9.91. The lowest BCUT2D eigenvalue weighted by Gasteiger charge is -2.13. The van der Waals surface area contributed by atoms with Gasteiger partial charge in [0.05, 0.1) is 16.3 Å². The summed E-state index contributed by atoms with van der Waals surface area (Å²) >= 11 is 6.12. The quantitative estimate of drug-likeness (QED) is 0.872. The molecular weight excluding hydrogens is 376 g/mol. The maximum atomic E-state index is 12.7. The van der Waals surface area contributed by atoms with E-state index < -0.39 is 21.8 Å². The number of rotatable bonds is 3. The monoisotopic (exact) mass is 390 g/mol. The number of nitrogens with zero attached hydrogens (tertiary/aromatic N) is 1. The van der Waals surface area contributed by atoms with Crippen LogP contribution < -0.4 is 5.32 Å². The Morgan fingerprint density at radius 2 is 1.92 bits per heavy atom. The van der Waals surface area contributed by atoms with Gasteiger partial charge in [-0.25, -0.2) is 12.7 Å². The van der Waals surface area contributed by atoms with Gasteiger partial charge in [0.15, 0.2) is 0 Å². The number of benzene rings is 2. The lowest BCUT2D eigenvalue weighted by Crippen LogP contribution is -2.31. The molecule has 0 spiro atoms. The molecule has 0 aromatic heterocycles. The van der Waals surface area contributed by atoms with Crippen LogP contribution in [0.3, 0.4) is 0 Å². The average Bonchev–Trinajstić information content (AvgIpc) is 3.38. The highest BCUT2D eigenvalue weighted by molar-refractivity contribution is 7.90. The van der Waals surface area contributed by atoms with Crippen LogP contribution in [0.1, 0.15) is 39.1 Å². The maximum absolute atomic E-state index is 12.7. The van der Waals surface area contributed by atoms with E-state index in [1.165, 1.54) is 18.2 Å². The van der Waals surface area contributed by atoms with Crippen LogP contribution in [0.15, 0.2) is 41.3 Å². The smallest absolute Gasteiger partial charge is 0.269 e. The van der Waals surface area contributed by atoms with Crippen molar-refractivity contribution >= 4 is 39.1 Å². The first-order chi connectivity index (χ1) is 12.3. The summed E-state index contributed by atoms with van der Waals surface area (Å²) in [5.41, 5.74) is 1.65. The minimum absolute atomic E-state index is 0.113. The number of halogens is 1. The van der Waals surface area contributed by atoms with E-state index in [-0.39, 0.29) is 22.1 Å². The second kappa shape index (κ2) is 5.82. The summed E-state index contributed by atoms with van der Waals surface area (Å²) < 4.78 is 26.2. The fourth-order valence-corrected chi connectivity index (χ4v) is 5.10. The minimum atomic E-state index is -3.90. The van der Waals surface area contributed by atoms with Gasteiger partial charge in [-0.3, -0.25) is 9.59 Å². The van der Waals surface area contributed by atoms with Gasteiger partial charge >= 0.3 is 0 Å². The Morgan fingerprint density at radius 1 is 1.19 bits per heavy atom. The maximum Gasteiger partial charge on any atom is 0.269 e. The molecule has 2 aromatic carbocycles. The average molecular weight is 391 g/mol. The van der Waals surface area contributed by atoms with Crippen molar-refractivity contribution in [3.63, 3.8) is 0 Å². The molecule has 0 bridgehead atoms. The molecule has 8 heteroatoms. The molecule has 2 aromatic rings. The summed E-state index contributed by atoms with van der Waals surface area (Å²) in [6.45, 7) is 1.88. The minimum Gasteiger partial charge on any atom is -0.321 e. The summed E-state index contributed by atoms with van der Waals surface area (Å²) in [5, 5.41) is 3.06. The van der Waals surface area contributed by atoms with Crippen LogP contribution in [-0.4, -0.2) is 30.6 Å². The van der Waals surface area contributed by atoms with Gasteiger partial charge in [-0.1, -0.05) is 17.7 Å². The Kier molecular flexibility index (Phi) is 3.82. The standard InChI is InChI=1S/C18H15ClN2O4S/c1-10-2-7-15(14(19)8-10)20-17(22)11-3-6-13-16(9-11)26(24,25)21(18(13)23)12-4-5-12/h2-3,6-9,12H,4-5H2,1H3,(H,20,22). The van der Waals surface area contributed by atoms with Crippen LogP contribution in [-0.2, 0) is 10.0 Å². The zero-order valence-electron chi connectivity index (χ0n) is 13.8. The molecule has 1 fully saturated rings. The summed E-state index contributed by atoms with van der Waals surface area (Å²) in [6, 6.07) is 9.03. The van der Waals surface area contributed by atoms with E-state index in [9.17, 15) is 18.0 Å². The molecular formula is C18H15ClN2O4S. The molecule has 1 aliphatic heterocycles. The molecule has 134 valence electrons. The molecule has 1 N–H and O–H groups in total. The van der Waals surface area contributed by atoms with Crippen LogP contribution in [0.5, 0.6) is 0 Å². The van der Waals surface area contributed by atoms with Crippen LogP contribution in [0.2, 0.25) is 5.02 Å². The van der Waals surface area contributed by atoms with E-state index in [2.05, 4.69) is 5.32 Å². The largest absolute Gasteiger partial charge is 0.321 e. The highest BCUT2D eigenvalue weighted by Crippen LogP contribution is 2.39. The second-order valence-corrected chi connectivity index (χ2v) is 8.68. The molecule has 4 rings (SSSR count). The van der Waals surface area contributed by atoms with Crippen LogP contribution in [0.4, 0.5) is 5.69 Å². The summed E-state index contributed by atoms with van der Waals surface area (Å²) in [4.78, 5) is 24.8. The highest BCUT2D eigenvalue weighted by Gasteiger charge is 2.48. The number of carbonyl (C=O) groups excluding carboxylic acids is 2. The first kappa shape index (κ1) is 17.1. The van der Waals surface area contributed by atoms with Gasteiger partial charge < -0.3 is 5.32 Å². The fourth-order valence-electron chi connectivity index (χ4n) is 2.97. The van der Waals surface area contributed by atoms with Crippen molar-refractivity contribution in [3.8, 4) is 0 Å². The van der Waals surface area contributed by atoms with E-state index in [0.29, 0.717) is 23.6 Å². The molecule has 0 saturated heterocycles. The molecule has 6 nitrogen and oxygen atoms in total. The van der Waals surface area contributed by atoms with Crippen molar-refractivity contribution in [2.24, 2.45) is 0 Å². The zero-order valence-corrected chi connectivity index (χ0v) is 15.4. The van der Waals surface area contributed by atoms with Gasteiger partial charge in [0.2, 0.25) is 0 Å². The van der Waals surface area contributed by atoms with E-state index in [1.54, 1.807) is 18.2 Å². The number of fused-ring (bicyclic) bond motifs is 1. The van der Waals surface area contributed by atoms with Crippen molar-refractivity contribution < 1.29 is 18.0 Å². The first-order valence-electron chi connectivity index (χ1n) is 8.09.